The fraction of sp³-hybridized carbons (Fsp3) is 0.381. The largest absolute Gasteiger partial charge is 0.350 e. The fourth-order valence-corrected chi connectivity index (χ4v) is 3.61. The van der Waals surface area contributed by atoms with Crippen molar-refractivity contribution in [2.24, 2.45) is 0 Å². The number of aryl methyl sites for hydroxylation is 2. The van der Waals surface area contributed by atoms with Gasteiger partial charge >= 0.3 is 0 Å². The summed E-state index contributed by atoms with van der Waals surface area (Å²) in [6.45, 7) is 6.36. The van der Waals surface area contributed by atoms with Gasteiger partial charge in [-0.25, -0.2) is 9.37 Å². The molecule has 9 nitrogen and oxygen atoms in total. The Morgan fingerprint density at radius 1 is 1.19 bits per heavy atom. The van der Waals surface area contributed by atoms with Crippen molar-refractivity contribution >= 4 is 36.9 Å². The van der Waals surface area contributed by atoms with Crippen LogP contribution >= 0.6 is 13.5 Å². The van der Waals surface area contributed by atoms with Gasteiger partial charge in [-0.05, 0) is 31.9 Å². The van der Waals surface area contributed by atoms with Gasteiger partial charge in [-0.3, -0.25) is 14.5 Å². The van der Waals surface area contributed by atoms with Crippen molar-refractivity contribution in [3.63, 3.8) is 0 Å². The lowest BCUT2D eigenvalue weighted by Crippen LogP contribution is -2.46. The maximum Gasteiger partial charge on any atom is 0.247 e. The molecule has 0 radical (unpaired) electrons. The average Bonchev–Trinajstić information content (AvgIpc) is 3.18. The van der Waals surface area contributed by atoms with E-state index in [-0.39, 0.29) is 31.3 Å². The molecule has 0 unspecified atom stereocenters. The van der Waals surface area contributed by atoms with Gasteiger partial charge in [0.25, 0.3) is 0 Å². The van der Waals surface area contributed by atoms with Crippen molar-refractivity contribution in [1.82, 2.24) is 24.7 Å². The maximum atomic E-state index is 13.7. The van der Waals surface area contributed by atoms with Crippen LogP contribution in [0.1, 0.15) is 35.9 Å². The van der Waals surface area contributed by atoms with E-state index < -0.39 is 0 Å². The zero-order valence-electron chi connectivity index (χ0n) is 18.5. The highest BCUT2D eigenvalue weighted by molar-refractivity contribution is 7.59. The van der Waals surface area contributed by atoms with Crippen molar-refractivity contribution < 1.29 is 9.18 Å². The molecule has 0 bridgehead atoms. The van der Waals surface area contributed by atoms with E-state index in [9.17, 15) is 9.18 Å². The van der Waals surface area contributed by atoms with Gasteiger partial charge in [0.1, 0.15) is 17.5 Å². The first-order valence-corrected chi connectivity index (χ1v) is 10.1. The average molecular weight is 459 g/mol. The monoisotopic (exact) mass is 458 g/mol. The summed E-state index contributed by atoms with van der Waals surface area (Å²) in [4.78, 5) is 27.3. The van der Waals surface area contributed by atoms with Crippen LogP contribution < -0.4 is 15.5 Å². The molecule has 0 saturated heterocycles. The summed E-state index contributed by atoms with van der Waals surface area (Å²) in [7, 11) is 1.87. The van der Waals surface area contributed by atoms with E-state index in [1.54, 1.807) is 24.0 Å². The first-order valence-electron chi connectivity index (χ1n) is 10.1. The molecule has 0 fully saturated rings. The molecule has 2 N–H and O–H groups in total. The second-order valence-electron chi connectivity index (χ2n) is 7.67. The van der Waals surface area contributed by atoms with Crippen LogP contribution in [0.5, 0.6) is 0 Å². The number of likely N-dealkylation sites (N-methyl/N-ethyl adjacent to an activating group) is 1. The third kappa shape index (κ3) is 4.67. The molecule has 1 atom stereocenters. The Bertz CT molecular complexity index is 1130. The summed E-state index contributed by atoms with van der Waals surface area (Å²) in [6, 6.07) is 1.22. The van der Waals surface area contributed by atoms with Crippen molar-refractivity contribution in [2.75, 3.05) is 22.6 Å². The van der Waals surface area contributed by atoms with Gasteiger partial charge in [0.2, 0.25) is 11.9 Å². The highest BCUT2D eigenvalue weighted by Gasteiger charge is 2.32. The molecule has 3 aromatic rings. The van der Waals surface area contributed by atoms with E-state index in [0.717, 1.165) is 11.1 Å². The molecule has 170 valence electrons. The predicted molar refractivity (Wildman–Crippen MR) is 126 cm³/mol. The van der Waals surface area contributed by atoms with E-state index in [1.807, 2.05) is 32.0 Å². The van der Waals surface area contributed by atoms with E-state index in [0.29, 0.717) is 48.4 Å². The number of pyridine rings is 1. The molecule has 4 heterocycles. The standard InChI is InChI=1S/C21H25FN8O.H2S/c1-5-17-20(31)27-18-13(3)26-21(28-19(18)29(17)4)24-8-15-9-25-30(11-15)10-14-6-16(22)12(2)23-7-14;/h6-7,9,11,17H,5,8,10H2,1-4H3,(H,27,31)(H,24,26,28);1H2/t17-;/m0./s1. The Labute approximate surface area is 192 Å². The zero-order chi connectivity index (χ0) is 22.1. The first-order chi connectivity index (χ1) is 14.9. The molecule has 4 rings (SSSR count). The molecule has 1 aliphatic heterocycles. The van der Waals surface area contributed by atoms with Crippen LogP contribution in [0.15, 0.2) is 24.7 Å². The van der Waals surface area contributed by atoms with Crippen molar-refractivity contribution in [2.45, 2.75) is 46.3 Å². The number of aromatic nitrogens is 5. The van der Waals surface area contributed by atoms with E-state index in [2.05, 4.69) is 30.7 Å². The van der Waals surface area contributed by atoms with E-state index in [4.69, 9.17) is 0 Å². The van der Waals surface area contributed by atoms with Gasteiger partial charge < -0.3 is 15.5 Å². The number of hydrogen-bond acceptors (Lipinski definition) is 7. The second kappa shape index (κ2) is 9.51. The predicted octanol–water partition coefficient (Wildman–Crippen LogP) is 2.76. The smallest absolute Gasteiger partial charge is 0.247 e. The molecule has 0 saturated carbocycles. The van der Waals surface area contributed by atoms with Crippen molar-refractivity contribution in [1.29, 1.82) is 0 Å². The molecule has 0 aromatic carbocycles. The van der Waals surface area contributed by atoms with Crippen LogP contribution in [0.4, 0.5) is 21.8 Å². The molecule has 1 amide bonds. The summed E-state index contributed by atoms with van der Waals surface area (Å²) in [5.74, 6) is 0.816. The Morgan fingerprint density at radius 3 is 2.69 bits per heavy atom. The van der Waals surface area contributed by atoms with Gasteiger partial charge in [-0.2, -0.15) is 23.6 Å². The molecule has 32 heavy (non-hydrogen) atoms. The second-order valence-corrected chi connectivity index (χ2v) is 7.67. The quantitative estimate of drug-likeness (QED) is 0.586. The van der Waals surface area contributed by atoms with Crippen LogP contribution in [0.3, 0.4) is 0 Å². The van der Waals surface area contributed by atoms with Gasteiger partial charge in [-0.1, -0.05) is 6.92 Å². The minimum atomic E-state index is -0.321. The van der Waals surface area contributed by atoms with Gasteiger partial charge in [-0.15, -0.1) is 0 Å². The Hall–Kier alpha value is -3.21. The van der Waals surface area contributed by atoms with Crippen molar-refractivity contribution in [3.8, 4) is 0 Å². The first kappa shape index (κ1) is 23.5. The number of rotatable bonds is 6. The third-order valence-corrected chi connectivity index (χ3v) is 5.37. The summed E-state index contributed by atoms with van der Waals surface area (Å²) in [5.41, 5.74) is 3.41. The normalized spacial score (nSPS) is 15.1. The van der Waals surface area contributed by atoms with Gasteiger partial charge in [0.15, 0.2) is 5.82 Å². The molecule has 0 spiro atoms. The Morgan fingerprint density at radius 2 is 1.97 bits per heavy atom. The highest BCUT2D eigenvalue weighted by atomic mass is 32.1. The number of amides is 1. The summed E-state index contributed by atoms with van der Waals surface area (Å²) in [5, 5.41) is 10.5. The number of nitrogens with zero attached hydrogens (tertiary/aromatic N) is 6. The number of halogens is 1. The van der Waals surface area contributed by atoms with Crippen LogP contribution in [-0.2, 0) is 17.9 Å². The number of carbonyl (C=O) groups is 1. The fourth-order valence-electron chi connectivity index (χ4n) is 3.61. The molecule has 0 aliphatic carbocycles. The molecular weight excluding hydrogens is 431 g/mol. The Balaban J connectivity index is 0.00000289. The molecule has 11 heteroatoms. The molecular formula is C21H27FN8OS. The van der Waals surface area contributed by atoms with Crippen LogP contribution in [0.2, 0.25) is 0 Å². The maximum absolute atomic E-state index is 13.7. The van der Waals surface area contributed by atoms with Crippen LogP contribution in [-0.4, -0.2) is 43.7 Å². The number of carbonyl (C=O) groups excluding carboxylic acids is 1. The van der Waals surface area contributed by atoms with E-state index >= 15 is 0 Å². The number of hydrogen-bond donors (Lipinski definition) is 2. The minimum absolute atomic E-state index is 0. The Kier molecular flexibility index (Phi) is 6.97. The minimum Gasteiger partial charge on any atom is -0.350 e. The zero-order valence-corrected chi connectivity index (χ0v) is 19.5. The van der Waals surface area contributed by atoms with E-state index in [1.165, 1.54) is 6.07 Å². The number of anilines is 3. The summed E-state index contributed by atoms with van der Waals surface area (Å²) in [6.07, 6.45) is 5.97. The topological polar surface area (TPSA) is 101 Å². The van der Waals surface area contributed by atoms with Gasteiger partial charge in [0.05, 0.1) is 24.1 Å². The van der Waals surface area contributed by atoms with Gasteiger partial charge in [0, 0.05) is 31.5 Å². The third-order valence-electron chi connectivity index (χ3n) is 5.37. The van der Waals surface area contributed by atoms with Crippen LogP contribution in [0, 0.1) is 19.7 Å². The highest BCUT2D eigenvalue weighted by Crippen LogP contribution is 2.32. The summed E-state index contributed by atoms with van der Waals surface area (Å²) >= 11 is 0. The number of fused-ring (bicyclic) bond motifs is 1. The lowest BCUT2D eigenvalue weighted by molar-refractivity contribution is -0.117. The van der Waals surface area contributed by atoms with Crippen LogP contribution in [0.25, 0.3) is 0 Å². The summed E-state index contributed by atoms with van der Waals surface area (Å²) < 4.78 is 15.4. The lowest BCUT2D eigenvalue weighted by atomic mass is 10.1. The number of nitrogens with one attached hydrogen (secondary N) is 2. The SMILES string of the molecule is CC[C@H]1C(=O)Nc2c(C)nc(NCc3cnn(Cc4cnc(C)c(F)c4)c3)nc2N1C.S. The lowest BCUT2D eigenvalue weighted by Gasteiger charge is -2.34. The molecule has 1 aliphatic rings. The molecule has 3 aromatic heterocycles. The van der Waals surface area contributed by atoms with Crippen molar-refractivity contribution in [3.05, 3.63) is 53.0 Å².